The second-order valence-electron chi connectivity index (χ2n) is 4.12. The summed E-state index contributed by atoms with van der Waals surface area (Å²) in [6.07, 6.45) is 0.701. The summed E-state index contributed by atoms with van der Waals surface area (Å²) in [6, 6.07) is 1.45. The minimum atomic E-state index is -3.51. The summed E-state index contributed by atoms with van der Waals surface area (Å²) in [5.74, 6) is 0. The summed E-state index contributed by atoms with van der Waals surface area (Å²) in [5.41, 5.74) is -0.495. The molecule has 1 N–H and O–H groups in total. The van der Waals surface area contributed by atoms with Gasteiger partial charge in [-0.3, -0.25) is 0 Å². The minimum absolute atomic E-state index is 0.219. The number of alkyl halides is 1. The van der Waals surface area contributed by atoms with Crippen LogP contribution in [0.25, 0.3) is 0 Å². The van der Waals surface area contributed by atoms with E-state index in [4.69, 9.17) is 11.6 Å². The molecule has 0 bridgehead atoms. The third-order valence-corrected chi connectivity index (χ3v) is 7.06. The Morgan fingerprint density at radius 3 is 2.53 bits per heavy atom. The van der Waals surface area contributed by atoms with Gasteiger partial charge in [0.05, 0.1) is 8.81 Å². The molecule has 1 rings (SSSR count). The van der Waals surface area contributed by atoms with E-state index in [1.165, 1.54) is 6.07 Å². The van der Waals surface area contributed by atoms with E-state index in [2.05, 4.69) is 36.6 Å². The smallest absolute Gasteiger partial charge is 0.206 e. The van der Waals surface area contributed by atoms with E-state index in [0.717, 1.165) is 16.7 Å². The van der Waals surface area contributed by atoms with Gasteiger partial charge >= 0.3 is 0 Å². The van der Waals surface area contributed by atoms with Crippen molar-refractivity contribution < 1.29 is 8.42 Å². The Bertz CT molecular complexity index is 480. The van der Waals surface area contributed by atoms with Gasteiger partial charge in [-0.05, 0) is 42.3 Å². The molecule has 0 aliphatic rings. The van der Waals surface area contributed by atoms with Crippen LogP contribution in [0.1, 0.15) is 20.3 Å². The first-order chi connectivity index (χ1) is 7.68. The van der Waals surface area contributed by atoms with Crippen molar-refractivity contribution in [2.75, 3.05) is 5.33 Å². The third-order valence-electron chi connectivity index (χ3n) is 2.02. The maximum Gasteiger partial charge on any atom is 0.250 e. The number of sulfonamides is 1. The first-order valence-corrected chi connectivity index (χ1v) is 9.32. The Kier molecular flexibility index (Phi) is 5.50. The van der Waals surface area contributed by atoms with Crippen LogP contribution in [-0.2, 0) is 10.0 Å². The standard InChI is InChI=1S/C9H12Br2ClNO2S2/c1-9(2,3-4-10)13-17(14,15)7-5-6(12)8(11)16-7/h5,13H,3-4H2,1-2H3. The topological polar surface area (TPSA) is 46.2 Å². The zero-order valence-corrected chi connectivity index (χ0v) is 14.8. The van der Waals surface area contributed by atoms with Crippen molar-refractivity contribution in [2.45, 2.75) is 30.0 Å². The monoisotopic (exact) mass is 423 g/mol. The number of thiophene rings is 1. The van der Waals surface area contributed by atoms with Crippen molar-refractivity contribution in [3.63, 3.8) is 0 Å². The van der Waals surface area contributed by atoms with Crippen LogP contribution in [0, 0.1) is 0 Å². The third kappa shape index (κ3) is 4.47. The van der Waals surface area contributed by atoms with E-state index in [1.54, 1.807) is 0 Å². The van der Waals surface area contributed by atoms with Crippen molar-refractivity contribution in [2.24, 2.45) is 0 Å². The minimum Gasteiger partial charge on any atom is -0.206 e. The number of hydrogen-bond donors (Lipinski definition) is 1. The fraction of sp³-hybridized carbons (Fsp3) is 0.556. The summed E-state index contributed by atoms with van der Waals surface area (Å²) in [4.78, 5) is 0. The van der Waals surface area contributed by atoms with Gasteiger partial charge in [-0.15, -0.1) is 11.3 Å². The maximum absolute atomic E-state index is 12.1. The van der Waals surface area contributed by atoms with Crippen LogP contribution in [0.15, 0.2) is 14.1 Å². The maximum atomic E-state index is 12.1. The number of rotatable bonds is 5. The lowest BCUT2D eigenvalue weighted by atomic mass is 10.0. The molecule has 0 atom stereocenters. The lowest BCUT2D eigenvalue weighted by Crippen LogP contribution is -2.43. The first-order valence-electron chi connectivity index (χ1n) is 4.73. The van der Waals surface area contributed by atoms with Crippen molar-refractivity contribution in [3.05, 3.63) is 14.9 Å². The predicted molar refractivity (Wildman–Crippen MR) is 79.8 cm³/mol. The van der Waals surface area contributed by atoms with Crippen LogP contribution >= 0.6 is 54.8 Å². The van der Waals surface area contributed by atoms with E-state index in [-0.39, 0.29) is 4.21 Å². The highest BCUT2D eigenvalue weighted by molar-refractivity contribution is 9.11. The second-order valence-corrected chi connectivity index (χ2v) is 9.59. The summed E-state index contributed by atoms with van der Waals surface area (Å²) in [7, 11) is -3.51. The molecule has 0 radical (unpaired) electrons. The van der Waals surface area contributed by atoms with Gasteiger partial charge in [0.25, 0.3) is 10.0 Å². The zero-order valence-electron chi connectivity index (χ0n) is 9.26. The van der Waals surface area contributed by atoms with Gasteiger partial charge < -0.3 is 0 Å². The fourth-order valence-corrected chi connectivity index (χ4v) is 5.99. The molecular formula is C9H12Br2ClNO2S2. The van der Waals surface area contributed by atoms with E-state index in [1.807, 2.05) is 13.8 Å². The van der Waals surface area contributed by atoms with Gasteiger partial charge in [0.1, 0.15) is 4.21 Å². The molecule has 0 saturated carbocycles. The van der Waals surface area contributed by atoms with Crippen LogP contribution in [0.5, 0.6) is 0 Å². The van der Waals surface area contributed by atoms with Gasteiger partial charge in [-0.25, -0.2) is 13.1 Å². The molecular weight excluding hydrogens is 413 g/mol. The number of halogens is 3. The van der Waals surface area contributed by atoms with E-state index in [0.29, 0.717) is 15.2 Å². The van der Waals surface area contributed by atoms with E-state index in [9.17, 15) is 8.42 Å². The Morgan fingerprint density at radius 2 is 2.12 bits per heavy atom. The van der Waals surface area contributed by atoms with E-state index >= 15 is 0 Å². The van der Waals surface area contributed by atoms with Crippen molar-refractivity contribution in [3.8, 4) is 0 Å². The fourth-order valence-electron chi connectivity index (χ4n) is 1.16. The summed E-state index contributed by atoms with van der Waals surface area (Å²) >= 11 is 13.4. The van der Waals surface area contributed by atoms with Crippen molar-refractivity contribution in [1.29, 1.82) is 0 Å². The lowest BCUT2D eigenvalue weighted by molar-refractivity contribution is 0.444. The molecule has 0 aliphatic carbocycles. The van der Waals surface area contributed by atoms with Crippen LogP contribution in [0.2, 0.25) is 5.02 Å². The molecule has 0 aliphatic heterocycles. The van der Waals surface area contributed by atoms with Crippen LogP contribution in [0.3, 0.4) is 0 Å². The molecule has 3 nitrogen and oxygen atoms in total. The van der Waals surface area contributed by atoms with Gasteiger partial charge in [0, 0.05) is 10.9 Å². The van der Waals surface area contributed by atoms with E-state index < -0.39 is 15.6 Å². The summed E-state index contributed by atoms with van der Waals surface area (Å²) in [5, 5.41) is 1.14. The van der Waals surface area contributed by atoms with Crippen LogP contribution < -0.4 is 4.72 Å². The average molecular weight is 426 g/mol. The highest BCUT2D eigenvalue weighted by Crippen LogP contribution is 2.35. The first kappa shape index (κ1) is 15.9. The van der Waals surface area contributed by atoms with Gasteiger partial charge in [-0.1, -0.05) is 27.5 Å². The Hall–Kier alpha value is 0.860. The van der Waals surface area contributed by atoms with Gasteiger partial charge in [-0.2, -0.15) is 0 Å². The number of hydrogen-bond acceptors (Lipinski definition) is 3. The largest absolute Gasteiger partial charge is 0.250 e. The molecule has 17 heavy (non-hydrogen) atoms. The highest BCUT2D eigenvalue weighted by atomic mass is 79.9. The Labute approximate surface area is 127 Å². The molecule has 0 amide bonds. The molecule has 0 spiro atoms. The molecule has 0 unspecified atom stereocenters. The van der Waals surface area contributed by atoms with Gasteiger partial charge in [0.2, 0.25) is 0 Å². The lowest BCUT2D eigenvalue weighted by Gasteiger charge is -2.24. The molecule has 8 heteroatoms. The molecule has 1 aromatic rings. The normalized spacial score (nSPS) is 13.0. The highest BCUT2D eigenvalue weighted by Gasteiger charge is 2.27. The summed E-state index contributed by atoms with van der Waals surface area (Å²) < 4.78 is 27.7. The van der Waals surface area contributed by atoms with Crippen LogP contribution in [-0.4, -0.2) is 19.3 Å². The van der Waals surface area contributed by atoms with Crippen molar-refractivity contribution >= 4 is 64.8 Å². The number of nitrogens with one attached hydrogen (secondary N) is 1. The van der Waals surface area contributed by atoms with Crippen LogP contribution in [0.4, 0.5) is 0 Å². The summed E-state index contributed by atoms with van der Waals surface area (Å²) in [6.45, 7) is 3.69. The average Bonchev–Trinajstić information content (AvgIpc) is 2.45. The molecule has 1 heterocycles. The van der Waals surface area contributed by atoms with Crippen molar-refractivity contribution in [1.82, 2.24) is 4.72 Å². The molecule has 98 valence electrons. The predicted octanol–water partition coefficient (Wildman–Crippen LogP) is 4.01. The molecule has 0 saturated heterocycles. The Morgan fingerprint density at radius 1 is 1.53 bits per heavy atom. The Balaban J connectivity index is 2.97. The quantitative estimate of drug-likeness (QED) is 0.725. The SMILES string of the molecule is CC(C)(CCBr)NS(=O)(=O)c1cc(Cl)c(Br)s1. The molecule has 0 aromatic carbocycles. The zero-order chi connectivity index (χ0) is 13.3. The van der Waals surface area contributed by atoms with Gasteiger partial charge in [0.15, 0.2) is 0 Å². The molecule has 1 aromatic heterocycles. The molecule has 0 fully saturated rings. The second kappa shape index (κ2) is 5.88.